The van der Waals surface area contributed by atoms with Gasteiger partial charge in [0, 0.05) is 11.1 Å². The summed E-state index contributed by atoms with van der Waals surface area (Å²) >= 11 is 0. The molecule has 0 aliphatic heterocycles. The minimum atomic E-state index is -0.327. The third-order valence-electron chi connectivity index (χ3n) is 3.01. The lowest BCUT2D eigenvalue weighted by molar-refractivity contribution is -0.143. The maximum Gasteiger partial charge on any atom is 0.310 e. The number of aryl methyl sites for hydroxylation is 1. The third-order valence-corrected chi connectivity index (χ3v) is 3.01. The van der Waals surface area contributed by atoms with E-state index in [2.05, 4.69) is 4.98 Å². The lowest BCUT2D eigenvalue weighted by Crippen LogP contribution is -2.13. The molecule has 20 heavy (non-hydrogen) atoms. The zero-order valence-corrected chi connectivity index (χ0v) is 11.9. The van der Waals surface area contributed by atoms with E-state index >= 15 is 0 Å². The number of carbonyl (C=O) groups excluding carboxylic acids is 1. The van der Waals surface area contributed by atoms with Gasteiger partial charge < -0.3 is 4.74 Å². The number of rotatable bonds is 4. The Morgan fingerprint density at radius 1 is 1.40 bits per heavy atom. The minimum absolute atomic E-state index is 0.121. The first kappa shape index (κ1) is 14.4. The number of carbonyl (C=O) groups is 1. The van der Waals surface area contributed by atoms with E-state index in [1.165, 1.54) is 6.07 Å². The summed E-state index contributed by atoms with van der Waals surface area (Å²) in [7, 11) is 0. The van der Waals surface area contributed by atoms with Crippen molar-refractivity contribution < 1.29 is 13.9 Å². The predicted molar refractivity (Wildman–Crippen MR) is 75.9 cm³/mol. The van der Waals surface area contributed by atoms with E-state index in [4.69, 9.17) is 4.74 Å². The second-order valence-electron chi connectivity index (χ2n) is 5.29. The first-order valence-electron chi connectivity index (χ1n) is 6.67. The molecule has 0 radical (unpaired) electrons. The summed E-state index contributed by atoms with van der Waals surface area (Å²) in [6.45, 7) is 6.17. The van der Waals surface area contributed by atoms with E-state index in [0.29, 0.717) is 29.0 Å². The fourth-order valence-corrected chi connectivity index (χ4v) is 1.94. The van der Waals surface area contributed by atoms with Crippen molar-refractivity contribution in [3.8, 4) is 0 Å². The second kappa shape index (κ2) is 5.99. The minimum Gasteiger partial charge on any atom is -0.465 e. The lowest BCUT2D eigenvalue weighted by atomic mass is 10.1. The van der Waals surface area contributed by atoms with Crippen LogP contribution in [0.5, 0.6) is 0 Å². The Morgan fingerprint density at radius 3 is 2.85 bits per heavy atom. The lowest BCUT2D eigenvalue weighted by Gasteiger charge is -2.09. The number of esters is 1. The Labute approximate surface area is 117 Å². The SMILES string of the molecule is Cc1nc2cccc(F)c2cc1CC(=O)OCC(C)C. The number of fused-ring (bicyclic) bond motifs is 1. The number of benzene rings is 1. The fourth-order valence-electron chi connectivity index (χ4n) is 1.94. The Bertz CT molecular complexity index is 638. The highest BCUT2D eigenvalue weighted by Gasteiger charge is 2.12. The van der Waals surface area contributed by atoms with E-state index in [-0.39, 0.29) is 18.2 Å². The molecule has 0 aliphatic rings. The van der Waals surface area contributed by atoms with E-state index in [1.54, 1.807) is 18.2 Å². The molecule has 3 nitrogen and oxygen atoms in total. The van der Waals surface area contributed by atoms with E-state index in [1.807, 2.05) is 20.8 Å². The van der Waals surface area contributed by atoms with Crippen molar-refractivity contribution in [2.75, 3.05) is 6.61 Å². The van der Waals surface area contributed by atoms with Gasteiger partial charge in [0.15, 0.2) is 0 Å². The third kappa shape index (κ3) is 3.32. The highest BCUT2D eigenvalue weighted by molar-refractivity contribution is 5.82. The molecule has 106 valence electrons. The first-order chi connectivity index (χ1) is 9.47. The van der Waals surface area contributed by atoms with Gasteiger partial charge in [0.05, 0.1) is 18.5 Å². The summed E-state index contributed by atoms with van der Waals surface area (Å²) < 4.78 is 18.9. The van der Waals surface area contributed by atoms with Crippen LogP contribution in [0.3, 0.4) is 0 Å². The van der Waals surface area contributed by atoms with Crippen molar-refractivity contribution in [3.05, 3.63) is 41.3 Å². The van der Waals surface area contributed by atoms with Crippen LogP contribution >= 0.6 is 0 Å². The van der Waals surface area contributed by atoms with Crippen LogP contribution in [-0.4, -0.2) is 17.6 Å². The van der Waals surface area contributed by atoms with Crippen LogP contribution in [0.4, 0.5) is 4.39 Å². The molecule has 1 aromatic heterocycles. The quantitative estimate of drug-likeness (QED) is 0.802. The number of aromatic nitrogens is 1. The average molecular weight is 275 g/mol. The molecular formula is C16H18FNO2. The highest BCUT2D eigenvalue weighted by atomic mass is 19.1. The predicted octanol–water partition coefficient (Wildman–Crippen LogP) is 3.42. The number of hydrogen-bond acceptors (Lipinski definition) is 3. The summed E-state index contributed by atoms with van der Waals surface area (Å²) in [5.74, 6) is -0.335. The van der Waals surface area contributed by atoms with Crippen LogP contribution < -0.4 is 0 Å². The molecular weight excluding hydrogens is 257 g/mol. The van der Waals surface area contributed by atoms with Crippen LogP contribution in [0.15, 0.2) is 24.3 Å². The Hall–Kier alpha value is -1.97. The Balaban J connectivity index is 2.24. The first-order valence-corrected chi connectivity index (χ1v) is 6.67. The molecule has 0 aliphatic carbocycles. The van der Waals surface area contributed by atoms with Gasteiger partial charge in [0.2, 0.25) is 0 Å². The summed E-state index contributed by atoms with van der Waals surface area (Å²) in [6, 6.07) is 6.46. The summed E-state index contributed by atoms with van der Waals surface area (Å²) in [4.78, 5) is 16.1. The highest BCUT2D eigenvalue weighted by Crippen LogP contribution is 2.20. The van der Waals surface area contributed by atoms with Crippen molar-refractivity contribution in [2.24, 2.45) is 5.92 Å². The van der Waals surface area contributed by atoms with Crippen molar-refractivity contribution >= 4 is 16.9 Å². The molecule has 0 bridgehead atoms. The molecule has 0 fully saturated rings. The van der Waals surface area contributed by atoms with Crippen LogP contribution in [-0.2, 0) is 16.0 Å². The van der Waals surface area contributed by atoms with Crippen molar-refractivity contribution in [1.82, 2.24) is 4.98 Å². The topological polar surface area (TPSA) is 39.2 Å². The molecule has 0 saturated heterocycles. The molecule has 0 N–H and O–H groups in total. The molecule has 0 amide bonds. The zero-order chi connectivity index (χ0) is 14.7. The zero-order valence-electron chi connectivity index (χ0n) is 11.9. The van der Waals surface area contributed by atoms with Crippen LogP contribution in [0, 0.1) is 18.7 Å². The Morgan fingerprint density at radius 2 is 2.15 bits per heavy atom. The van der Waals surface area contributed by atoms with Crippen molar-refractivity contribution in [1.29, 1.82) is 0 Å². The molecule has 2 rings (SSSR count). The number of halogens is 1. The molecule has 0 spiro atoms. The molecule has 2 aromatic rings. The molecule has 1 aromatic carbocycles. The molecule has 0 unspecified atom stereocenters. The average Bonchev–Trinajstić information content (AvgIpc) is 2.38. The van der Waals surface area contributed by atoms with Gasteiger partial charge in [-0.05, 0) is 36.6 Å². The molecule has 1 heterocycles. The van der Waals surface area contributed by atoms with Crippen LogP contribution in [0.1, 0.15) is 25.1 Å². The van der Waals surface area contributed by atoms with Gasteiger partial charge in [-0.2, -0.15) is 0 Å². The maximum absolute atomic E-state index is 13.7. The van der Waals surface area contributed by atoms with Gasteiger partial charge in [0.25, 0.3) is 0 Å². The van der Waals surface area contributed by atoms with Gasteiger partial charge >= 0.3 is 5.97 Å². The molecule has 0 atom stereocenters. The molecule has 0 saturated carbocycles. The summed E-state index contributed by atoms with van der Waals surface area (Å²) in [6.07, 6.45) is 0.121. The van der Waals surface area contributed by atoms with Crippen LogP contribution in [0.25, 0.3) is 10.9 Å². The van der Waals surface area contributed by atoms with Crippen molar-refractivity contribution in [2.45, 2.75) is 27.2 Å². The Kier molecular flexibility index (Phi) is 4.32. The van der Waals surface area contributed by atoms with Gasteiger partial charge in [-0.15, -0.1) is 0 Å². The number of ether oxygens (including phenoxy) is 1. The second-order valence-corrected chi connectivity index (χ2v) is 5.29. The number of nitrogens with zero attached hydrogens (tertiary/aromatic N) is 1. The standard InChI is InChI=1S/C16H18FNO2/c1-10(2)9-20-16(19)8-12-7-13-14(17)5-4-6-15(13)18-11(12)3/h4-7,10H,8-9H2,1-3H3. The van der Waals surface area contributed by atoms with Gasteiger partial charge in [-0.3, -0.25) is 9.78 Å². The van der Waals surface area contributed by atoms with Crippen LogP contribution in [0.2, 0.25) is 0 Å². The number of hydrogen-bond donors (Lipinski definition) is 0. The van der Waals surface area contributed by atoms with Gasteiger partial charge in [-0.25, -0.2) is 4.39 Å². The summed E-state index contributed by atoms with van der Waals surface area (Å²) in [5.41, 5.74) is 2.03. The normalized spacial score (nSPS) is 11.1. The smallest absolute Gasteiger partial charge is 0.310 e. The largest absolute Gasteiger partial charge is 0.465 e. The number of pyridine rings is 1. The summed E-state index contributed by atoms with van der Waals surface area (Å²) in [5, 5.41) is 0.435. The van der Waals surface area contributed by atoms with E-state index in [9.17, 15) is 9.18 Å². The molecule has 4 heteroatoms. The van der Waals surface area contributed by atoms with E-state index in [0.717, 1.165) is 5.69 Å². The fraction of sp³-hybridized carbons (Fsp3) is 0.375. The van der Waals surface area contributed by atoms with E-state index < -0.39 is 0 Å². The van der Waals surface area contributed by atoms with Crippen molar-refractivity contribution in [3.63, 3.8) is 0 Å². The van der Waals surface area contributed by atoms with Gasteiger partial charge in [-0.1, -0.05) is 19.9 Å². The maximum atomic E-state index is 13.7. The monoisotopic (exact) mass is 275 g/mol. The van der Waals surface area contributed by atoms with Gasteiger partial charge in [0.1, 0.15) is 5.82 Å².